The number of amides is 1. The van der Waals surface area contributed by atoms with E-state index in [0.29, 0.717) is 10.6 Å². The second-order valence-corrected chi connectivity index (χ2v) is 5.39. The van der Waals surface area contributed by atoms with Crippen LogP contribution in [0.15, 0.2) is 36.5 Å². The summed E-state index contributed by atoms with van der Waals surface area (Å²) in [5.41, 5.74) is 0.458. The summed E-state index contributed by atoms with van der Waals surface area (Å²) < 4.78 is 0.852. The maximum absolute atomic E-state index is 12.0. The van der Waals surface area contributed by atoms with Crippen LogP contribution in [0.5, 0.6) is 0 Å². The number of carbonyl (C=O) groups is 2. The molecule has 0 aliphatic carbocycles. The summed E-state index contributed by atoms with van der Waals surface area (Å²) in [4.78, 5) is 26.5. The van der Waals surface area contributed by atoms with Gasteiger partial charge in [0.15, 0.2) is 0 Å². The van der Waals surface area contributed by atoms with E-state index in [9.17, 15) is 9.59 Å². The number of nitrogens with zero attached hydrogens (tertiary/aromatic N) is 1. The first kappa shape index (κ1) is 14.7. The van der Waals surface area contributed by atoms with Crippen LogP contribution in [0.25, 0.3) is 0 Å². The predicted molar refractivity (Wildman–Crippen MR) is 83.3 cm³/mol. The van der Waals surface area contributed by atoms with Crippen molar-refractivity contribution < 1.29 is 14.7 Å². The Hall–Kier alpha value is -1.67. The number of nitrogens with one attached hydrogen (secondary N) is 1. The zero-order chi connectivity index (χ0) is 14.7. The van der Waals surface area contributed by atoms with Crippen LogP contribution in [0.4, 0.5) is 5.82 Å². The minimum absolute atomic E-state index is 0.0558. The number of carboxylic acids is 1. The molecule has 0 saturated carbocycles. The Bertz CT molecular complexity index is 674. The predicted octanol–water partition coefficient (Wildman–Crippen LogP) is 3.29. The number of benzene rings is 1. The van der Waals surface area contributed by atoms with Crippen molar-refractivity contribution >= 4 is 51.9 Å². The Morgan fingerprint density at radius 2 is 1.90 bits per heavy atom. The molecular formula is C13H8ClIN2O3. The maximum Gasteiger partial charge on any atom is 0.337 e. The van der Waals surface area contributed by atoms with Gasteiger partial charge >= 0.3 is 5.97 Å². The van der Waals surface area contributed by atoms with Crippen LogP contribution in [-0.4, -0.2) is 22.0 Å². The molecule has 7 heteroatoms. The molecule has 0 spiro atoms. The molecule has 0 fully saturated rings. The molecule has 2 N–H and O–H groups in total. The van der Waals surface area contributed by atoms with Gasteiger partial charge in [0.2, 0.25) is 0 Å². The van der Waals surface area contributed by atoms with E-state index < -0.39 is 5.97 Å². The highest BCUT2D eigenvalue weighted by molar-refractivity contribution is 14.1. The molecule has 2 aromatic rings. The average molecular weight is 403 g/mol. The molecule has 1 aromatic heterocycles. The molecule has 0 atom stereocenters. The van der Waals surface area contributed by atoms with Crippen molar-refractivity contribution in [2.45, 2.75) is 0 Å². The SMILES string of the molecule is O=C(O)c1ccc(NC(=O)c2ccc(I)c(Cl)c2)nc1. The Morgan fingerprint density at radius 3 is 2.45 bits per heavy atom. The highest BCUT2D eigenvalue weighted by atomic mass is 127. The molecule has 0 aliphatic rings. The van der Waals surface area contributed by atoms with Gasteiger partial charge < -0.3 is 10.4 Å². The van der Waals surface area contributed by atoms with Crippen molar-refractivity contribution in [2.24, 2.45) is 0 Å². The smallest absolute Gasteiger partial charge is 0.337 e. The monoisotopic (exact) mass is 402 g/mol. The van der Waals surface area contributed by atoms with Crippen LogP contribution < -0.4 is 5.32 Å². The largest absolute Gasteiger partial charge is 0.478 e. The van der Waals surface area contributed by atoms with Gasteiger partial charge in [0, 0.05) is 15.3 Å². The van der Waals surface area contributed by atoms with E-state index in [2.05, 4.69) is 32.9 Å². The second kappa shape index (κ2) is 6.19. The second-order valence-electron chi connectivity index (χ2n) is 3.82. The van der Waals surface area contributed by atoms with E-state index in [-0.39, 0.29) is 17.3 Å². The zero-order valence-electron chi connectivity index (χ0n) is 9.93. The average Bonchev–Trinajstić information content (AvgIpc) is 2.42. The highest BCUT2D eigenvalue weighted by Gasteiger charge is 2.09. The number of rotatable bonds is 3. The van der Waals surface area contributed by atoms with E-state index in [1.54, 1.807) is 18.2 Å². The third kappa shape index (κ3) is 3.45. The molecule has 102 valence electrons. The molecule has 1 heterocycles. The Balaban J connectivity index is 2.14. The van der Waals surface area contributed by atoms with E-state index in [1.807, 2.05) is 0 Å². The normalized spacial score (nSPS) is 10.1. The lowest BCUT2D eigenvalue weighted by Crippen LogP contribution is -2.13. The number of pyridine rings is 1. The molecule has 1 amide bonds. The Labute approximate surface area is 133 Å². The lowest BCUT2D eigenvalue weighted by Gasteiger charge is -2.05. The lowest BCUT2D eigenvalue weighted by molar-refractivity contribution is 0.0696. The van der Waals surface area contributed by atoms with Crippen LogP contribution in [0.3, 0.4) is 0 Å². The van der Waals surface area contributed by atoms with Crippen molar-refractivity contribution in [2.75, 3.05) is 5.32 Å². The summed E-state index contributed by atoms with van der Waals surface area (Å²) >= 11 is 8.01. The summed E-state index contributed by atoms with van der Waals surface area (Å²) in [6, 6.07) is 7.74. The number of carboxylic acid groups (broad SMARTS) is 1. The third-order valence-electron chi connectivity index (χ3n) is 2.43. The Morgan fingerprint density at radius 1 is 1.20 bits per heavy atom. The van der Waals surface area contributed by atoms with Crippen molar-refractivity contribution in [1.29, 1.82) is 0 Å². The van der Waals surface area contributed by atoms with Gasteiger partial charge in [0.25, 0.3) is 5.91 Å². The lowest BCUT2D eigenvalue weighted by atomic mass is 10.2. The van der Waals surface area contributed by atoms with Gasteiger partial charge in [-0.25, -0.2) is 9.78 Å². The van der Waals surface area contributed by atoms with Gasteiger partial charge in [-0.3, -0.25) is 4.79 Å². The van der Waals surface area contributed by atoms with Gasteiger partial charge in [-0.2, -0.15) is 0 Å². The van der Waals surface area contributed by atoms with Crippen molar-refractivity contribution in [3.8, 4) is 0 Å². The van der Waals surface area contributed by atoms with E-state index in [0.717, 1.165) is 3.57 Å². The molecule has 1 aromatic carbocycles. The summed E-state index contributed by atoms with van der Waals surface area (Å²) in [7, 11) is 0. The van der Waals surface area contributed by atoms with Gasteiger partial charge in [0.1, 0.15) is 5.82 Å². The highest BCUT2D eigenvalue weighted by Crippen LogP contribution is 2.20. The molecule has 5 nitrogen and oxygen atoms in total. The van der Waals surface area contributed by atoms with E-state index in [1.165, 1.54) is 18.3 Å². The third-order valence-corrected chi connectivity index (χ3v) is 4.01. The van der Waals surface area contributed by atoms with Gasteiger partial charge in [-0.15, -0.1) is 0 Å². The molecule has 20 heavy (non-hydrogen) atoms. The molecule has 0 bridgehead atoms. The van der Waals surface area contributed by atoms with Gasteiger partial charge in [-0.1, -0.05) is 11.6 Å². The van der Waals surface area contributed by atoms with Crippen molar-refractivity contribution in [3.63, 3.8) is 0 Å². The molecule has 0 unspecified atom stereocenters. The summed E-state index contributed by atoms with van der Waals surface area (Å²) in [6.45, 7) is 0. The zero-order valence-corrected chi connectivity index (χ0v) is 12.8. The number of anilines is 1. The minimum Gasteiger partial charge on any atom is -0.478 e. The van der Waals surface area contributed by atoms with Crippen LogP contribution >= 0.6 is 34.2 Å². The van der Waals surface area contributed by atoms with E-state index >= 15 is 0 Å². The fourth-order valence-electron chi connectivity index (χ4n) is 1.42. The molecule has 0 aliphatic heterocycles. The standard InChI is InChI=1S/C13H8ClIN2O3/c14-9-5-7(1-3-10(9)15)12(18)17-11-4-2-8(6-16-11)13(19)20/h1-6H,(H,19,20)(H,16,17,18). The summed E-state index contributed by atoms with van der Waals surface area (Å²) in [6.07, 6.45) is 1.18. The molecule has 0 saturated heterocycles. The van der Waals surface area contributed by atoms with Crippen molar-refractivity contribution in [1.82, 2.24) is 4.98 Å². The maximum atomic E-state index is 12.0. The van der Waals surface area contributed by atoms with Crippen molar-refractivity contribution in [3.05, 3.63) is 56.2 Å². The number of aromatic nitrogens is 1. The number of aromatic carboxylic acids is 1. The summed E-state index contributed by atoms with van der Waals surface area (Å²) in [5.74, 6) is -1.16. The van der Waals surface area contributed by atoms with E-state index in [4.69, 9.17) is 16.7 Å². The first-order chi connectivity index (χ1) is 9.47. The first-order valence-corrected chi connectivity index (χ1v) is 6.89. The molecular weight excluding hydrogens is 395 g/mol. The quantitative estimate of drug-likeness (QED) is 0.772. The number of halogens is 2. The van der Waals surface area contributed by atoms with Gasteiger partial charge in [-0.05, 0) is 52.9 Å². The first-order valence-electron chi connectivity index (χ1n) is 5.43. The summed E-state index contributed by atoms with van der Waals surface area (Å²) in [5, 5.41) is 11.8. The molecule has 2 rings (SSSR count). The number of carbonyl (C=O) groups excluding carboxylic acids is 1. The van der Waals surface area contributed by atoms with Crippen LogP contribution in [-0.2, 0) is 0 Å². The van der Waals surface area contributed by atoms with Crippen LogP contribution in [0.2, 0.25) is 5.02 Å². The van der Waals surface area contributed by atoms with Crippen LogP contribution in [0, 0.1) is 3.57 Å². The molecule has 0 radical (unpaired) electrons. The Kier molecular flexibility index (Phi) is 4.56. The number of hydrogen-bond acceptors (Lipinski definition) is 3. The number of hydrogen-bond donors (Lipinski definition) is 2. The minimum atomic E-state index is -1.07. The van der Waals surface area contributed by atoms with Crippen LogP contribution in [0.1, 0.15) is 20.7 Å². The fraction of sp³-hybridized carbons (Fsp3) is 0. The fourth-order valence-corrected chi connectivity index (χ4v) is 1.94. The topological polar surface area (TPSA) is 79.3 Å². The van der Waals surface area contributed by atoms with Gasteiger partial charge in [0.05, 0.1) is 10.6 Å².